The van der Waals surface area contributed by atoms with Gasteiger partial charge in [0.15, 0.2) is 0 Å². The first-order valence-electron chi connectivity index (χ1n) is 12.8. The Hall–Kier alpha value is -2.19. The number of rotatable bonds is 5. The molecule has 1 aromatic heterocycles. The monoisotopic (exact) mass is 470 g/mol. The molecule has 34 heavy (non-hydrogen) atoms. The molecule has 4 bridgehead atoms. The summed E-state index contributed by atoms with van der Waals surface area (Å²) >= 11 is 0. The summed E-state index contributed by atoms with van der Waals surface area (Å²) < 4.78 is 0. The Bertz CT molecular complexity index is 950. The topological polar surface area (TPSA) is 106 Å². The highest BCUT2D eigenvalue weighted by Crippen LogP contribution is 2.55. The van der Waals surface area contributed by atoms with E-state index in [1.807, 2.05) is 17.0 Å². The molecule has 3 N–H and O–H groups in total. The molecule has 1 aromatic rings. The van der Waals surface area contributed by atoms with Crippen LogP contribution in [0.4, 0.5) is 5.82 Å². The second-order valence-corrected chi connectivity index (χ2v) is 11.9. The summed E-state index contributed by atoms with van der Waals surface area (Å²) in [6.45, 7) is 7.13. The number of nitrogens with zero attached hydrogens (tertiary/aromatic N) is 3. The van der Waals surface area contributed by atoms with E-state index >= 15 is 0 Å². The molecule has 1 saturated heterocycles. The van der Waals surface area contributed by atoms with E-state index in [1.54, 1.807) is 19.9 Å². The van der Waals surface area contributed by atoms with Crippen LogP contribution >= 0.6 is 0 Å². The molecular formula is C26H38N4O4. The van der Waals surface area contributed by atoms with Crippen LogP contribution < -0.4 is 10.2 Å². The van der Waals surface area contributed by atoms with Crippen LogP contribution in [0.5, 0.6) is 0 Å². The van der Waals surface area contributed by atoms with Crippen molar-refractivity contribution in [3.63, 3.8) is 0 Å². The molecule has 0 radical (unpaired) electrons. The zero-order chi connectivity index (χ0) is 24.3. The third kappa shape index (κ3) is 4.19. The molecule has 8 nitrogen and oxygen atoms in total. The third-order valence-corrected chi connectivity index (χ3v) is 8.69. The van der Waals surface area contributed by atoms with Gasteiger partial charge < -0.3 is 25.3 Å². The quantitative estimate of drug-likeness (QED) is 0.606. The zero-order valence-corrected chi connectivity index (χ0v) is 20.5. The Morgan fingerprint density at radius 1 is 1.18 bits per heavy atom. The van der Waals surface area contributed by atoms with E-state index in [0.717, 1.165) is 37.9 Å². The number of aliphatic hydroxyl groups is 2. The summed E-state index contributed by atoms with van der Waals surface area (Å²) in [7, 11) is 0. The highest BCUT2D eigenvalue weighted by Gasteiger charge is 2.55. The van der Waals surface area contributed by atoms with E-state index in [-0.39, 0.29) is 30.5 Å². The molecule has 1 aliphatic heterocycles. The van der Waals surface area contributed by atoms with Crippen LogP contribution in [0.3, 0.4) is 0 Å². The lowest BCUT2D eigenvalue weighted by atomic mass is 9.52. The first-order chi connectivity index (χ1) is 16.1. The zero-order valence-electron chi connectivity index (χ0n) is 20.5. The number of aliphatic hydroxyl groups excluding tert-OH is 1. The van der Waals surface area contributed by atoms with Gasteiger partial charge in [0, 0.05) is 31.7 Å². The van der Waals surface area contributed by atoms with Gasteiger partial charge in [-0.1, -0.05) is 6.07 Å². The second-order valence-electron chi connectivity index (χ2n) is 11.9. The molecule has 6 rings (SSSR count). The lowest BCUT2D eigenvalue weighted by Gasteiger charge is -2.58. The fraction of sp³-hybridized carbons (Fsp3) is 0.731. The molecular weight excluding hydrogens is 432 g/mol. The van der Waals surface area contributed by atoms with Crippen LogP contribution in [0, 0.1) is 23.2 Å². The largest absolute Gasteiger partial charge is 0.395 e. The van der Waals surface area contributed by atoms with E-state index in [9.17, 15) is 19.8 Å². The maximum atomic E-state index is 13.2. The van der Waals surface area contributed by atoms with Crippen molar-refractivity contribution in [2.24, 2.45) is 23.2 Å². The van der Waals surface area contributed by atoms with Crippen LogP contribution in [0.15, 0.2) is 18.2 Å². The van der Waals surface area contributed by atoms with Gasteiger partial charge in [0.05, 0.1) is 17.6 Å². The standard InChI is InChI=1S/C26H38N4O4/c1-16-14-29(24(33)25(2,3)15-31)7-8-30(16)21-6-4-5-20(27-21)23(32)28-22-18-9-17-10-19(22)13-26(34,11-17)12-18/h4-6,16-19,22,31,34H,7-15H2,1-3H3,(H,28,32)/t16-,17?,18?,19?,22?,26?/m1/s1. The number of hydrogen-bond donors (Lipinski definition) is 3. The Kier molecular flexibility index (Phi) is 5.88. The fourth-order valence-electron chi connectivity index (χ4n) is 7.13. The smallest absolute Gasteiger partial charge is 0.270 e. The molecule has 0 spiro atoms. The molecule has 2 heterocycles. The minimum atomic E-state index is -0.786. The first kappa shape index (κ1) is 23.5. The normalized spacial score (nSPS) is 34.9. The van der Waals surface area contributed by atoms with Crippen LogP contribution in [0.2, 0.25) is 0 Å². The van der Waals surface area contributed by atoms with Gasteiger partial charge in [0.25, 0.3) is 5.91 Å². The summed E-state index contributed by atoms with van der Waals surface area (Å²) in [5.74, 6) is 1.88. The maximum absolute atomic E-state index is 13.2. The average molecular weight is 471 g/mol. The van der Waals surface area contributed by atoms with Crippen LogP contribution in [-0.2, 0) is 4.79 Å². The van der Waals surface area contributed by atoms with Crippen molar-refractivity contribution >= 4 is 17.6 Å². The van der Waals surface area contributed by atoms with Crippen LogP contribution in [0.25, 0.3) is 0 Å². The molecule has 8 heteroatoms. The van der Waals surface area contributed by atoms with Crippen molar-refractivity contribution in [1.82, 2.24) is 15.2 Å². The maximum Gasteiger partial charge on any atom is 0.270 e. The summed E-state index contributed by atoms with van der Waals surface area (Å²) in [6.07, 6.45) is 4.73. The average Bonchev–Trinajstić information content (AvgIpc) is 2.79. The predicted octanol–water partition coefficient (Wildman–Crippen LogP) is 1.81. The number of hydrogen-bond acceptors (Lipinski definition) is 6. The molecule has 4 aliphatic carbocycles. The number of anilines is 1. The highest BCUT2D eigenvalue weighted by atomic mass is 16.3. The fourth-order valence-corrected chi connectivity index (χ4v) is 7.13. The predicted molar refractivity (Wildman–Crippen MR) is 128 cm³/mol. The van der Waals surface area contributed by atoms with Gasteiger partial charge in [-0.2, -0.15) is 0 Å². The SMILES string of the molecule is C[C@@H]1CN(C(=O)C(C)(C)CO)CCN1c1cccc(C(=O)NC2C3CC4CC2CC(O)(C4)C3)n1. The minimum absolute atomic E-state index is 0.0390. The number of carbonyl (C=O) groups excluding carboxylic acids is 2. The van der Waals surface area contributed by atoms with Crippen molar-refractivity contribution in [2.45, 2.75) is 70.6 Å². The number of nitrogens with one attached hydrogen (secondary N) is 1. The van der Waals surface area contributed by atoms with Crippen molar-refractivity contribution in [2.75, 3.05) is 31.1 Å². The molecule has 0 aromatic carbocycles. The summed E-state index contributed by atoms with van der Waals surface area (Å²) in [4.78, 5) is 34.6. The molecule has 2 amide bonds. The van der Waals surface area contributed by atoms with Gasteiger partial charge in [-0.15, -0.1) is 0 Å². The highest BCUT2D eigenvalue weighted by molar-refractivity contribution is 5.93. The number of amides is 2. The van der Waals surface area contributed by atoms with Gasteiger partial charge in [-0.3, -0.25) is 9.59 Å². The van der Waals surface area contributed by atoms with Crippen molar-refractivity contribution in [3.05, 3.63) is 23.9 Å². The Morgan fingerprint density at radius 2 is 1.88 bits per heavy atom. The number of piperazine rings is 1. The summed E-state index contributed by atoms with van der Waals surface area (Å²) in [5.41, 5.74) is -0.884. The Morgan fingerprint density at radius 3 is 2.50 bits per heavy atom. The van der Waals surface area contributed by atoms with E-state index in [4.69, 9.17) is 4.98 Å². The molecule has 186 valence electrons. The molecule has 5 aliphatic rings. The van der Waals surface area contributed by atoms with E-state index < -0.39 is 11.0 Å². The van der Waals surface area contributed by atoms with Crippen molar-refractivity contribution in [3.8, 4) is 0 Å². The summed E-state index contributed by atoms with van der Waals surface area (Å²) in [5, 5.41) is 23.6. The number of carbonyl (C=O) groups is 2. The van der Waals surface area contributed by atoms with Gasteiger partial charge in [0.1, 0.15) is 11.5 Å². The van der Waals surface area contributed by atoms with Gasteiger partial charge in [0.2, 0.25) is 5.91 Å². The van der Waals surface area contributed by atoms with Crippen molar-refractivity contribution in [1.29, 1.82) is 0 Å². The van der Waals surface area contributed by atoms with E-state index in [1.165, 1.54) is 0 Å². The summed E-state index contributed by atoms with van der Waals surface area (Å²) in [6, 6.07) is 5.72. The lowest BCUT2D eigenvalue weighted by molar-refractivity contribution is -0.143. The Balaban J connectivity index is 1.25. The van der Waals surface area contributed by atoms with Gasteiger partial charge in [-0.05, 0) is 82.8 Å². The molecule has 4 saturated carbocycles. The first-order valence-corrected chi connectivity index (χ1v) is 12.8. The van der Waals surface area contributed by atoms with Crippen molar-refractivity contribution < 1.29 is 19.8 Å². The van der Waals surface area contributed by atoms with Crippen LogP contribution in [0.1, 0.15) is 63.4 Å². The molecule has 3 atom stereocenters. The molecule has 2 unspecified atom stereocenters. The number of aromatic nitrogens is 1. The van der Waals surface area contributed by atoms with Gasteiger partial charge >= 0.3 is 0 Å². The van der Waals surface area contributed by atoms with Crippen LogP contribution in [-0.4, -0.2) is 75.8 Å². The molecule has 5 fully saturated rings. The Labute approximate surface area is 201 Å². The minimum Gasteiger partial charge on any atom is -0.395 e. The van der Waals surface area contributed by atoms with Gasteiger partial charge in [-0.25, -0.2) is 4.98 Å². The third-order valence-electron chi connectivity index (χ3n) is 8.69. The lowest BCUT2D eigenvalue weighted by Crippen LogP contribution is -2.61. The van der Waals surface area contributed by atoms with E-state index in [0.29, 0.717) is 43.1 Å². The van der Waals surface area contributed by atoms with E-state index in [2.05, 4.69) is 17.1 Å². The number of pyridine rings is 1. The second kappa shape index (κ2) is 8.48.